The molecule has 2 aromatic carbocycles. The molecule has 1 aliphatic carbocycles. The molecule has 0 aliphatic heterocycles. The first-order valence-electron chi connectivity index (χ1n) is 7.80. The van der Waals surface area contributed by atoms with E-state index in [9.17, 15) is 17.2 Å². The fourth-order valence-corrected chi connectivity index (χ4v) is 4.93. The van der Waals surface area contributed by atoms with E-state index < -0.39 is 26.7 Å². The van der Waals surface area contributed by atoms with E-state index in [2.05, 4.69) is 4.90 Å². The first kappa shape index (κ1) is 17.0. The molecule has 0 radical (unpaired) electrons. The fourth-order valence-electron chi connectivity index (χ4n) is 3.04. The van der Waals surface area contributed by atoms with Crippen molar-refractivity contribution in [3.63, 3.8) is 0 Å². The number of hydrogen-bond donors (Lipinski definition) is 0. The van der Waals surface area contributed by atoms with Gasteiger partial charge in [-0.05, 0) is 37.6 Å². The number of benzene rings is 2. The summed E-state index contributed by atoms with van der Waals surface area (Å²) in [5, 5.41) is -0.582. The van der Waals surface area contributed by atoms with Gasteiger partial charge in [0.05, 0.1) is 10.1 Å². The lowest BCUT2D eigenvalue weighted by molar-refractivity contribution is 0.155. The molecule has 6 heteroatoms. The smallest absolute Gasteiger partial charge is 0.181 e. The van der Waals surface area contributed by atoms with Crippen LogP contribution in [0.5, 0.6) is 0 Å². The Labute approximate surface area is 140 Å². The van der Waals surface area contributed by atoms with E-state index in [1.807, 2.05) is 37.4 Å². The summed E-state index contributed by atoms with van der Waals surface area (Å²) in [6.45, 7) is 0.743. The molecule has 3 rings (SSSR count). The topological polar surface area (TPSA) is 37.4 Å². The van der Waals surface area contributed by atoms with Crippen molar-refractivity contribution < 1.29 is 17.2 Å². The van der Waals surface area contributed by atoms with Gasteiger partial charge >= 0.3 is 0 Å². The third-order valence-corrected chi connectivity index (χ3v) is 6.73. The third-order valence-electron chi connectivity index (χ3n) is 4.57. The Kier molecular flexibility index (Phi) is 4.69. The highest BCUT2D eigenvalue weighted by atomic mass is 32.2. The number of sulfone groups is 1. The summed E-state index contributed by atoms with van der Waals surface area (Å²) < 4.78 is 51.5. The minimum absolute atomic E-state index is 0.156. The molecule has 0 heterocycles. The van der Waals surface area contributed by atoms with Crippen LogP contribution in [0.1, 0.15) is 18.4 Å². The van der Waals surface area contributed by atoms with Crippen LogP contribution in [0.25, 0.3) is 0 Å². The van der Waals surface area contributed by atoms with E-state index in [1.165, 1.54) is 5.56 Å². The molecule has 0 atom stereocenters. The molecule has 0 amide bonds. The SMILES string of the molecule is CN(Cc1ccccc1)C1CC(S(=O)(=O)c2cc(F)cc(F)c2)C1. The lowest BCUT2D eigenvalue weighted by Crippen LogP contribution is -2.48. The van der Waals surface area contributed by atoms with Gasteiger partial charge in [0.15, 0.2) is 9.84 Å². The zero-order chi connectivity index (χ0) is 17.3. The maximum atomic E-state index is 13.3. The number of nitrogens with zero attached hydrogens (tertiary/aromatic N) is 1. The highest BCUT2D eigenvalue weighted by Crippen LogP contribution is 2.35. The second kappa shape index (κ2) is 6.61. The summed E-state index contributed by atoms with van der Waals surface area (Å²) in [5.41, 5.74) is 1.17. The van der Waals surface area contributed by atoms with Gasteiger partial charge in [-0.2, -0.15) is 0 Å². The van der Waals surface area contributed by atoms with Crippen molar-refractivity contribution in [3.05, 3.63) is 65.7 Å². The standard InChI is InChI=1S/C18H19F2NO2S/c1-21(12-13-5-3-2-4-6-13)16-10-18(11-16)24(22,23)17-8-14(19)7-15(20)9-17/h2-9,16,18H,10-12H2,1H3. The second-order valence-corrected chi connectivity index (χ2v) is 8.53. The van der Waals surface area contributed by atoms with Gasteiger partial charge in [0.1, 0.15) is 11.6 Å². The average molecular weight is 351 g/mol. The largest absolute Gasteiger partial charge is 0.299 e. The molecule has 2 aromatic rings. The summed E-state index contributed by atoms with van der Waals surface area (Å²) in [4.78, 5) is 1.85. The Morgan fingerprint density at radius 1 is 1.04 bits per heavy atom. The van der Waals surface area contributed by atoms with Crippen LogP contribution in [0.3, 0.4) is 0 Å². The zero-order valence-electron chi connectivity index (χ0n) is 13.3. The van der Waals surface area contributed by atoms with Gasteiger partial charge < -0.3 is 0 Å². The summed E-state index contributed by atoms with van der Waals surface area (Å²) in [7, 11) is -1.73. The summed E-state index contributed by atoms with van der Waals surface area (Å²) in [5.74, 6) is -1.74. The van der Waals surface area contributed by atoms with Crippen molar-refractivity contribution in [3.8, 4) is 0 Å². The highest BCUT2D eigenvalue weighted by molar-refractivity contribution is 7.92. The first-order chi connectivity index (χ1) is 11.4. The summed E-state index contributed by atoms with van der Waals surface area (Å²) in [6, 6.07) is 12.6. The molecule has 0 aromatic heterocycles. The maximum Gasteiger partial charge on any atom is 0.181 e. The van der Waals surface area contributed by atoms with Gasteiger partial charge in [-0.15, -0.1) is 0 Å². The van der Waals surface area contributed by atoms with Crippen LogP contribution in [0.15, 0.2) is 53.4 Å². The van der Waals surface area contributed by atoms with Crippen LogP contribution in [-0.2, 0) is 16.4 Å². The Morgan fingerprint density at radius 2 is 1.62 bits per heavy atom. The van der Waals surface area contributed by atoms with Crippen molar-refractivity contribution in [2.24, 2.45) is 0 Å². The molecule has 24 heavy (non-hydrogen) atoms. The quantitative estimate of drug-likeness (QED) is 0.829. The average Bonchev–Trinajstić information content (AvgIpc) is 2.45. The molecule has 1 fully saturated rings. The Morgan fingerprint density at radius 3 is 2.21 bits per heavy atom. The first-order valence-corrected chi connectivity index (χ1v) is 9.35. The molecule has 3 nitrogen and oxygen atoms in total. The van der Waals surface area contributed by atoms with Crippen LogP contribution in [0.2, 0.25) is 0 Å². The highest BCUT2D eigenvalue weighted by Gasteiger charge is 2.41. The minimum atomic E-state index is -3.69. The van der Waals surface area contributed by atoms with Crippen molar-refractivity contribution in [2.75, 3.05) is 7.05 Å². The molecule has 0 spiro atoms. The van der Waals surface area contributed by atoms with Crippen LogP contribution < -0.4 is 0 Å². The van der Waals surface area contributed by atoms with Crippen LogP contribution in [0.4, 0.5) is 8.78 Å². The second-order valence-electron chi connectivity index (χ2n) is 6.30. The third kappa shape index (κ3) is 3.49. The number of hydrogen-bond acceptors (Lipinski definition) is 3. The zero-order valence-corrected chi connectivity index (χ0v) is 14.1. The van der Waals surface area contributed by atoms with Crippen molar-refractivity contribution in [1.29, 1.82) is 0 Å². The van der Waals surface area contributed by atoms with Gasteiger partial charge in [-0.3, -0.25) is 4.90 Å². The lowest BCUT2D eigenvalue weighted by atomic mass is 9.91. The number of rotatable bonds is 5. The van der Waals surface area contributed by atoms with E-state index in [1.54, 1.807) is 0 Å². The minimum Gasteiger partial charge on any atom is -0.299 e. The molecular formula is C18H19F2NO2S. The van der Waals surface area contributed by atoms with Gasteiger partial charge in [0.2, 0.25) is 0 Å². The fraction of sp³-hybridized carbons (Fsp3) is 0.333. The van der Waals surface area contributed by atoms with Gasteiger partial charge in [-0.1, -0.05) is 30.3 Å². The predicted molar refractivity (Wildman–Crippen MR) is 88.3 cm³/mol. The van der Waals surface area contributed by atoms with Crippen LogP contribution in [-0.4, -0.2) is 31.7 Å². The Balaban J connectivity index is 1.65. The van der Waals surface area contributed by atoms with Crippen molar-refractivity contribution in [1.82, 2.24) is 4.90 Å². The molecular weight excluding hydrogens is 332 g/mol. The normalized spacial score (nSPS) is 20.8. The van der Waals surface area contributed by atoms with Gasteiger partial charge in [-0.25, -0.2) is 17.2 Å². The monoisotopic (exact) mass is 351 g/mol. The molecule has 1 saturated carbocycles. The lowest BCUT2D eigenvalue weighted by Gasteiger charge is -2.40. The van der Waals surface area contributed by atoms with Crippen LogP contribution in [0, 0.1) is 11.6 Å². The Hall–Kier alpha value is -1.79. The molecule has 128 valence electrons. The van der Waals surface area contributed by atoms with E-state index in [-0.39, 0.29) is 10.9 Å². The summed E-state index contributed by atoms with van der Waals surface area (Å²) in [6.07, 6.45) is 0.952. The molecule has 0 saturated heterocycles. The van der Waals surface area contributed by atoms with Crippen LogP contribution >= 0.6 is 0 Å². The van der Waals surface area contributed by atoms with Gasteiger partial charge in [0.25, 0.3) is 0 Å². The van der Waals surface area contributed by atoms with E-state index in [0.717, 1.165) is 18.7 Å². The van der Waals surface area contributed by atoms with Gasteiger partial charge in [0, 0.05) is 18.7 Å². The predicted octanol–water partition coefficient (Wildman–Crippen LogP) is 3.40. The molecule has 0 unspecified atom stereocenters. The maximum absolute atomic E-state index is 13.3. The van der Waals surface area contributed by atoms with Crippen molar-refractivity contribution in [2.45, 2.75) is 35.6 Å². The number of halogens is 2. The molecule has 0 N–H and O–H groups in total. The molecule has 0 bridgehead atoms. The summed E-state index contributed by atoms with van der Waals surface area (Å²) >= 11 is 0. The Bertz CT molecular complexity index is 798. The van der Waals surface area contributed by atoms with E-state index >= 15 is 0 Å². The van der Waals surface area contributed by atoms with E-state index in [0.29, 0.717) is 18.9 Å². The molecule has 1 aliphatic rings. The van der Waals surface area contributed by atoms with E-state index in [4.69, 9.17) is 0 Å². The van der Waals surface area contributed by atoms with Crippen molar-refractivity contribution >= 4 is 9.84 Å².